The van der Waals surface area contributed by atoms with Crippen molar-refractivity contribution < 1.29 is 34.1 Å². The molecule has 0 saturated carbocycles. The first-order valence-corrected chi connectivity index (χ1v) is 9.67. The van der Waals surface area contributed by atoms with E-state index < -0.39 is 18.5 Å². The van der Waals surface area contributed by atoms with Gasteiger partial charge in [-0.15, -0.1) is 0 Å². The Labute approximate surface area is 185 Å². The number of nitrogens with zero attached hydrogens (tertiary/aromatic N) is 2. The zero-order chi connectivity index (χ0) is 22.7. The molecule has 31 heavy (non-hydrogen) atoms. The van der Waals surface area contributed by atoms with Crippen LogP contribution in [0.3, 0.4) is 0 Å². The maximum atomic E-state index is 12.9. The fourth-order valence-corrected chi connectivity index (χ4v) is 3.44. The third-order valence-electron chi connectivity index (χ3n) is 4.32. The van der Waals surface area contributed by atoms with Gasteiger partial charge in [0.25, 0.3) is 5.91 Å². The fraction of sp³-hybridized carbons (Fsp3) is 0.143. The quantitative estimate of drug-likeness (QED) is 0.571. The molecule has 1 aliphatic heterocycles. The van der Waals surface area contributed by atoms with Gasteiger partial charge in [-0.05, 0) is 70.9 Å². The second-order valence-electron chi connectivity index (χ2n) is 6.43. The Hall–Kier alpha value is -3.66. The number of carbonyl (C=O) groups is 3. The predicted octanol–water partition coefficient (Wildman–Crippen LogP) is 3.43. The molecule has 0 bridgehead atoms. The number of carboxylic acids is 2. The summed E-state index contributed by atoms with van der Waals surface area (Å²) >= 11 is 3.33. The summed E-state index contributed by atoms with van der Waals surface area (Å²) in [5.74, 6) is -2.03. The number of hydrazone groups is 1. The van der Waals surface area contributed by atoms with Crippen molar-refractivity contribution in [2.24, 2.45) is 5.10 Å². The third kappa shape index (κ3) is 4.75. The molecule has 0 saturated heterocycles. The maximum absolute atomic E-state index is 12.9. The van der Waals surface area contributed by atoms with E-state index in [1.807, 2.05) is 0 Å². The molecule has 0 aliphatic carbocycles. The Morgan fingerprint density at radius 2 is 1.87 bits per heavy atom. The number of halogens is 1. The number of amides is 1. The average Bonchev–Trinajstić information content (AvgIpc) is 3.00. The second-order valence-corrected chi connectivity index (χ2v) is 7.28. The van der Waals surface area contributed by atoms with E-state index in [4.69, 9.17) is 19.7 Å². The monoisotopic (exact) mass is 488 g/mol. The summed E-state index contributed by atoms with van der Waals surface area (Å²) in [6.45, 7) is 1.15. The number of benzene rings is 2. The van der Waals surface area contributed by atoms with Gasteiger partial charge in [-0.1, -0.05) is 0 Å². The number of carboxylic acid groups (broad SMARTS) is 2. The highest BCUT2D eigenvalue weighted by molar-refractivity contribution is 9.10. The zero-order valence-electron chi connectivity index (χ0n) is 16.5. The van der Waals surface area contributed by atoms with E-state index in [-0.39, 0.29) is 17.2 Å². The Kier molecular flexibility index (Phi) is 6.40. The molecule has 160 valence electrons. The van der Waals surface area contributed by atoms with Crippen molar-refractivity contribution >= 4 is 51.3 Å². The molecular weight excluding hydrogens is 472 g/mol. The Morgan fingerprint density at radius 3 is 2.45 bits per heavy atom. The largest absolute Gasteiger partial charge is 0.493 e. The summed E-state index contributed by atoms with van der Waals surface area (Å²) in [4.78, 5) is 34.7. The highest BCUT2D eigenvalue weighted by Crippen LogP contribution is 2.37. The Morgan fingerprint density at radius 1 is 1.19 bits per heavy atom. The van der Waals surface area contributed by atoms with Crippen LogP contribution >= 0.6 is 15.9 Å². The number of hydrogen-bond acceptors (Lipinski definition) is 6. The van der Waals surface area contributed by atoms with Gasteiger partial charge >= 0.3 is 11.9 Å². The van der Waals surface area contributed by atoms with Crippen LogP contribution < -0.4 is 14.5 Å². The molecule has 9 nitrogen and oxygen atoms in total. The SMILES string of the molecule is COc1cc(/C=C2/C(=O)N(c3ccc(C(=O)O)cc3)N=C2C)cc(Br)c1OCC(=O)O. The standard InChI is InChI=1S/C21H17BrN2O7/c1-11-15(20(27)24(23-11)14-5-3-13(4-6-14)21(28)29)7-12-8-16(22)19(17(9-12)30-2)31-10-18(25)26/h3-9H,10H2,1-2H3,(H,25,26)(H,28,29)/b15-7+. The molecule has 2 aromatic rings. The summed E-state index contributed by atoms with van der Waals surface area (Å²) in [5.41, 5.74) is 1.97. The van der Waals surface area contributed by atoms with Crippen molar-refractivity contribution in [3.8, 4) is 11.5 Å². The molecule has 2 N–H and O–H groups in total. The van der Waals surface area contributed by atoms with Gasteiger partial charge in [-0.3, -0.25) is 4.79 Å². The molecule has 2 aromatic carbocycles. The van der Waals surface area contributed by atoms with Crippen LogP contribution in [-0.2, 0) is 9.59 Å². The van der Waals surface area contributed by atoms with E-state index >= 15 is 0 Å². The summed E-state index contributed by atoms with van der Waals surface area (Å²) < 4.78 is 11.0. The molecular formula is C21H17BrN2O7. The Balaban J connectivity index is 1.90. The number of carbonyl (C=O) groups excluding carboxylic acids is 1. The lowest BCUT2D eigenvalue weighted by Gasteiger charge is -2.13. The average molecular weight is 489 g/mol. The van der Waals surface area contributed by atoms with Crippen molar-refractivity contribution in [2.45, 2.75) is 6.92 Å². The lowest BCUT2D eigenvalue weighted by atomic mass is 10.1. The Bertz CT molecular complexity index is 1120. The number of rotatable bonds is 7. The van der Waals surface area contributed by atoms with Crippen molar-refractivity contribution in [1.82, 2.24) is 0 Å². The van der Waals surface area contributed by atoms with Gasteiger partial charge in [0.2, 0.25) is 0 Å². The molecule has 1 heterocycles. The van der Waals surface area contributed by atoms with E-state index in [2.05, 4.69) is 21.0 Å². The van der Waals surface area contributed by atoms with E-state index in [0.29, 0.717) is 32.8 Å². The highest BCUT2D eigenvalue weighted by Gasteiger charge is 2.29. The van der Waals surface area contributed by atoms with Gasteiger partial charge in [0.05, 0.1) is 34.1 Å². The van der Waals surface area contributed by atoms with Crippen LogP contribution in [0.5, 0.6) is 11.5 Å². The lowest BCUT2D eigenvalue weighted by molar-refractivity contribution is -0.139. The third-order valence-corrected chi connectivity index (χ3v) is 4.91. The zero-order valence-corrected chi connectivity index (χ0v) is 18.0. The predicted molar refractivity (Wildman–Crippen MR) is 116 cm³/mol. The van der Waals surface area contributed by atoms with Crippen molar-refractivity contribution in [3.63, 3.8) is 0 Å². The summed E-state index contributed by atoms with van der Waals surface area (Å²) in [5, 5.41) is 23.3. The first-order valence-electron chi connectivity index (χ1n) is 8.88. The van der Waals surface area contributed by atoms with Crippen LogP contribution in [0.2, 0.25) is 0 Å². The van der Waals surface area contributed by atoms with Crippen LogP contribution in [0.4, 0.5) is 5.69 Å². The van der Waals surface area contributed by atoms with Crippen molar-refractivity contribution in [1.29, 1.82) is 0 Å². The van der Waals surface area contributed by atoms with Crippen LogP contribution in [0.25, 0.3) is 6.08 Å². The smallest absolute Gasteiger partial charge is 0.341 e. The van der Waals surface area contributed by atoms with E-state index in [1.54, 1.807) is 25.1 Å². The van der Waals surface area contributed by atoms with Crippen LogP contribution in [0, 0.1) is 0 Å². The fourth-order valence-electron chi connectivity index (χ4n) is 2.87. The minimum atomic E-state index is -1.12. The molecule has 0 fully saturated rings. The number of aliphatic carboxylic acids is 1. The molecule has 0 spiro atoms. The van der Waals surface area contributed by atoms with Crippen LogP contribution in [-0.4, -0.2) is 47.5 Å². The number of hydrogen-bond donors (Lipinski definition) is 2. The van der Waals surface area contributed by atoms with Gasteiger partial charge in [-0.25, -0.2) is 9.59 Å². The maximum Gasteiger partial charge on any atom is 0.341 e. The molecule has 1 amide bonds. The summed E-state index contributed by atoms with van der Waals surface area (Å²) in [6.07, 6.45) is 1.63. The van der Waals surface area contributed by atoms with E-state index in [9.17, 15) is 14.4 Å². The minimum Gasteiger partial charge on any atom is -0.493 e. The second kappa shape index (κ2) is 9.00. The number of anilines is 1. The van der Waals surface area contributed by atoms with Gasteiger partial charge in [0.15, 0.2) is 18.1 Å². The van der Waals surface area contributed by atoms with Gasteiger partial charge in [0, 0.05) is 0 Å². The van der Waals surface area contributed by atoms with Gasteiger partial charge in [-0.2, -0.15) is 10.1 Å². The van der Waals surface area contributed by atoms with Gasteiger partial charge < -0.3 is 19.7 Å². The normalized spacial score (nSPS) is 14.5. The number of aromatic carboxylic acids is 1. The highest BCUT2D eigenvalue weighted by atomic mass is 79.9. The first kappa shape index (κ1) is 22.0. The molecule has 0 aromatic heterocycles. The van der Waals surface area contributed by atoms with Crippen molar-refractivity contribution in [2.75, 3.05) is 18.7 Å². The molecule has 0 atom stereocenters. The van der Waals surface area contributed by atoms with Gasteiger partial charge in [0.1, 0.15) is 0 Å². The first-order chi connectivity index (χ1) is 14.7. The molecule has 0 unspecified atom stereocenters. The van der Waals surface area contributed by atoms with Crippen LogP contribution in [0.1, 0.15) is 22.8 Å². The molecule has 10 heteroatoms. The summed E-state index contributed by atoms with van der Waals surface area (Å²) in [6, 6.07) is 9.09. The molecule has 3 rings (SSSR count). The lowest BCUT2D eigenvalue weighted by Crippen LogP contribution is -2.21. The van der Waals surface area contributed by atoms with E-state index in [0.717, 1.165) is 0 Å². The van der Waals surface area contributed by atoms with Crippen molar-refractivity contribution in [3.05, 3.63) is 57.6 Å². The number of methoxy groups -OCH3 is 1. The van der Waals surface area contributed by atoms with E-state index in [1.165, 1.54) is 36.4 Å². The molecule has 1 aliphatic rings. The molecule has 0 radical (unpaired) electrons. The summed E-state index contributed by atoms with van der Waals surface area (Å²) in [7, 11) is 1.42. The minimum absolute atomic E-state index is 0.106. The topological polar surface area (TPSA) is 126 Å². The van der Waals surface area contributed by atoms with Crippen LogP contribution in [0.15, 0.2) is 51.5 Å². The number of ether oxygens (including phenoxy) is 2.